The lowest BCUT2D eigenvalue weighted by atomic mass is 10.3. The van der Waals surface area contributed by atoms with Crippen LogP contribution in [0.4, 0.5) is 5.69 Å². The number of hydrogen-bond acceptors (Lipinski definition) is 5. The fourth-order valence-corrected chi connectivity index (χ4v) is 2.07. The number of aliphatic hydroxyl groups excluding tert-OH is 1. The lowest BCUT2D eigenvalue weighted by molar-refractivity contribution is 0.110. The Morgan fingerprint density at radius 3 is 2.85 bits per heavy atom. The third kappa shape index (κ3) is 3.47. The number of rotatable bonds is 7. The molecule has 0 bridgehead atoms. The van der Waals surface area contributed by atoms with Crippen LogP contribution in [0, 0.1) is 0 Å². The second-order valence-corrected chi connectivity index (χ2v) is 5.00. The van der Waals surface area contributed by atoms with Crippen molar-refractivity contribution in [3.8, 4) is 0 Å². The number of imidazole rings is 1. The zero-order valence-corrected chi connectivity index (χ0v) is 12.0. The Labute approximate surface area is 118 Å². The SMILES string of the molecule is CN(C)CCOCCn1c(CO)nc2cc(N)ccc21. The molecule has 2 rings (SSSR count). The fraction of sp³-hybridized carbons (Fsp3) is 0.500. The van der Waals surface area contributed by atoms with E-state index in [1.54, 1.807) is 0 Å². The number of ether oxygens (including phenoxy) is 1. The fourth-order valence-electron chi connectivity index (χ4n) is 2.07. The van der Waals surface area contributed by atoms with Crippen molar-refractivity contribution in [2.75, 3.05) is 39.6 Å². The summed E-state index contributed by atoms with van der Waals surface area (Å²) in [5.74, 6) is 0.641. The average molecular weight is 278 g/mol. The Morgan fingerprint density at radius 2 is 2.15 bits per heavy atom. The molecule has 0 atom stereocenters. The van der Waals surface area contributed by atoms with Gasteiger partial charge in [-0.05, 0) is 32.3 Å². The quantitative estimate of drug-likeness (QED) is 0.575. The third-order valence-corrected chi connectivity index (χ3v) is 3.13. The van der Waals surface area contributed by atoms with Crippen LogP contribution >= 0.6 is 0 Å². The van der Waals surface area contributed by atoms with Gasteiger partial charge in [-0.1, -0.05) is 0 Å². The van der Waals surface area contributed by atoms with Gasteiger partial charge in [-0.3, -0.25) is 0 Å². The molecule has 0 amide bonds. The minimum Gasteiger partial charge on any atom is -0.399 e. The summed E-state index contributed by atoms with van der Waals surface area (Å²) in [6.07, 6.45) is 0. The van der Waals surface area contributed by atoms with Crippen molar-refractivity contribution in [1.29, 1.82) is 0 Å². The highest BCUT2D eigenvalue weighted by Crippen LogP contribution is 2.19. The van der Waals surface area contributed by atoms with E-state index in [9.17, 15) is 5.11 Å². The first-order valence-corrected chi connectivity index (χ1v) is 6.70. The van der Waals surface area contributed by atoms with Crippen LogP contribution in [0.1, 0.15) is 5.82 Å². The van der Waals surface area contributed by atoms with Crippen LogP contribution in [0.5, 0.6) is 0 Å². The van der Waals surface area contributed by atoms with E-state index < -0.39 is 0 Å². The van der Waals surface area contributed by atoms with E-state index in [0.29, 0.717) is 31.3 Å². The summed E-state index contributed by atoms with van der Waals surface area (Å²) in [6, 6.07) is 5.59. The van der Waals surface area contributed by atoms with Crippen molar-refractivity contribution in [1.82, 2.24) is 14.5 Å². The van der Waals surface area contributed by atoms with Crippen LogP contribution in [0.2, 0.25) is 0 Å². The Balaban J connectivity index is 2.04. The molecule has 1 aromatic heterocycles. The van der Waals surface area contributed by atoms with E-state index in [2.05, 4.69) is 9.88 Å². The van der Waals surface area contributed by atoms with Crippen molar-refractivity contribution < 1.29 is 9.84 Å². The van der Waals surface area contributed by atoms with E-state index in [1.807, 2.05) is 36.9 Å². The largest absolute Gasteiger partial charge is 0.399 e. The smallest absolute Gasteiger partial charge is 0.135 e. The van der Waals surface area contributed by atoms with E-state index in [1.165, 1.54) is 0 Å². The number of nitrogens with zero attached hydrogens (tertiary/aromatic N) is 3. The number of likely N-dealkylation sites (N-methyl/N-ethyl adjacent to an activating group) is 1. The van der Waals surface area contributed by atoms with Gasteiger partial charge >= 0.3 is 0 Å². The maximum absolute atomic E-state index is 9.40. The second kappa shape index (κ2) is 6.69. The van der Waals surface area contributed by atoms with Gasteiger partial charge in [0.1, 0.15) is 12.4 Å². The molecule has 6 nitrogen and oxygen atoms in total. The Bertz CT molecular complexity index is 566. The molecule has 0 unspecified atom stereocenters. The summed E-state index contributed by atoms with van der Waals surface area (Å²) in [4.78, 5) is 6.47. The van der Waals surface area contributed by atoms with Gasteiger partial charge in [0.25, 0.3) is 0 Å². The maximum Gasteiger partial charge on any atom is 0.135 e. The molecule has 2 aromatic rings. The molecule has 20 heavy (non-hydrogen) atoms. The van der Waals surface area contributed by atoms with Crippen LogP contribution < -0.4 is 5.73 Å². The number of anilines is 1. The molecular weight excluding hydrogens is 256 g/mol. The van der Waals surface area contributed by atoms with Crippen molar-refractivity contribution in [2.24, 2.45) is 0 Å². The van der Waals surface area contributed by atoms with Gasteiger partial charge in [-0.2, -0.15) is 0 Å². The second-order valence-electron chi connectivity index (χ2n) is 5.00. The Morgan fingerprint density at radius 1 is 1.35 bits per heavy atom. The molecule has 3 N–H and O–H groups in total. The maximum atomic E-state index is 9.40. The molecule has 1 heterocycles. The van der Waals surface area contributed by atoms with Gasteiger partial charge < -0.3 is 25.0 Å². The van der Waals surface area contributed by atoms with Gasteiger partial charge in [-0.25, -0.2) is 4.98 Å². The molecule has 0 saturated carbocycles. The number of aliphatic hydroxyl groups is 1. The van der Waals surface area contributed by atoms with Gasteiger partial charge in [-0.15, -0.1) is 0 Å². The van der Waals surface area contributed by atoms with Gasteiger partial charge in [0.2, 0.25) is 0 Å². The zero-order valence-electron chi connectivity index (χ0n) is 12.0. The number of fused-ring (bicyclic) bond motifs is 1. The van der Waals surface area contributed by atoms with E-state index in [0.717, 1.165) is 17.6 Å². The molecule has 0 aliphatic carbocycles. The standard InChI is InChI=1S/C14H22N4O2/c1-17(2)5-7-20-8-6-18-13-4-3-11(15)9-12(13)16-14(18)10-19/h3-4,9,19H,5-8,10,15H2,1-2H3. The van der Waals surface area contributed by atoms with Crippen LogP contribution in [0.3, 0.4) is 0 Å². The summed E-state index contributed by atoms with van der Waals surface area (Å²) in [5.41, 5.74) is 8.21. The number of benzene rings is 1. The highest BCUT2D eigenvalue weighted by molar-refractivity contribution is 5.79. The molecule has 110 valence electrons. The summed E-state index contributed by atoms with van der Waals surface area (Å²) in [5, 5.41) is 9.40. The van der Waals surface area contributed by atoms with Crippen LogP contribution in [0.25, 0.3) is 11.0 Å². The summed E-state index contributed by atoms with van der Waals surface area (Å²) in [7, 11) is 4.03. The lowest BCUT2D eigenvalue weighted by Crippen LogP contribution is -2.19. The zero-order chi connectivity index (χ0) is 14.5. The molecule has 0 radical (unpaired) electrons. The summed E-state index contributed by atoms with van der Waals surface area (Å²) < 4.78 is 7.57. The molecule has 0 saturated heterocycles. The highest BCUT2D eigenvalue weighted by atomic mass is 16.5. The molecule has 0 spiro atoms. The minimum absolute atomic E-state index is 0.0910. The van der Waals surface area contributed by atoms with Crippen molar-refractivity contribution in [3.05, 3.63) is 24.0 Å². The molecule has 1 aromatic carbocycles. The van der Waals surface area contributed by atoms with E-state index >= 15 is 0 Å². The Hall–Kier alpha value is -1.63. The van der Waals surface area contributed by atoms with Crippen LogP contribution in [-0.2, 0) is 17.9 Å². The summed E-state index contributed by atoms with van der Waals surface area (Å²) >= 11 is 0. The number of aromatic nitrogens is 2. The van der Waals surface area contributed by atoms with Crippen molar-refractivity contribution in [2.45, 2.75) is 13.2 Å². The minimum atomic E-state index is -0.0910. The molecule has 0 aliphatic rings. The van der Waals surface area contributed by atoms with E-state index in [4.69, 9.17) is 10.5 Å². The first-order chi connectivity index (χ1) is 9.61. The topological polar surface area (TPSA) is 76.5 Å². The first-order valence-electron chi connectivity index (χ1n) is 6.70. The van der Waals surface area contributed by atoms with Crippen molar-refractivity contribution in [3.63, 3.8) is 0 Å². The van der Waals surface area contributed by atoms with Crippen LogP contribution in [-0.4, -0.2) is 53.4 Å². The number of nitrogen functional groups attached to an aromatic ring is 1. The molecule has 0 aliphatic heterocycles. The average Bonchev–Trinajstić information content (AvgIpc) is 2.75. The van der Waals surface area contributed by atoms with Gasteiger partial charge in [0, 0.05) is 18.8 Å². The van der Waals surface area contributed by atoms with Gasteiger partial charge in [0.05, 0.1) is 24.2 Å². The normalized spacial score (nSPS) is 11.6. The number of nitrogens with two attached hydrogens (primary N) is 1. The lowest BCUT2D eigenvalue weighted by Gasteiger charge is -2.11. The molecular formula is C14H22N4O2. The predicted octanol–water partition coefficient (Wildman–Crippen LogP) is 0.689. The molecule has 6 heteroatoms. The summed E-state index contributed by atoms with van der Waals surface area (Å²) in [6.45, 7) is 2.77. The third-order valence-electron chi connectivity index (χ3n) is 3.13. The number of hydrogen-bond donors (Lipinski definition) is 2. The van der Waals surface area contributed by atoms with Gasteiger partial charge in [0.15, 0.2) is 0 Å². The molecule has 0 fully saturated rings. The highest BCUT2D eigenvalue weighted by Gasteiger charge is 2.09. The Kier molecular flexibility index (Phi) is 4.94. The first kappa shape index (κ1) is 14.8. The monoisotopic (exact) mass is 278 g/mol. The van der Waals surface area contributed by atoms with E-state index in [-0.39, 0.29) is 6.61 Å². The van der Waals surface area contributed by atoms with Crippen molar-refractivity contribution >= 4 is 16.7 Å². The van der Waals surface area contributed by atoms with Crippen LogP contribution in [0.15, 0.2) is 18.2 Å². The predicted molar refractivity (Wildman–Crippen MR) is 79.4 cm³/mol.